The monoisotopic (exact) mass is 348 g/mol. The van der Waals surface area contributed by atoms with Crippen LogP contribution in [0.4, 0.5) is 0 Å². The van der Waals surface area contributed by atoms with Gasteiger partial charge in [-0.05, 0) is 60.1 Å². The van der Waals surface area contributed by atoms with Crippen molar-refractivity contribution < 1.29 is 13.0 Å². The van der Waals surface area contributed by atoms with Crippen LogP contribution < -0.4 is 0 Å². The lowest BCUT2D eigenvalue weighted by Crippen LogP contribution is -2.03. The van der Waals surface area contributed by atoms with Gasteiger partial charge in [-0.1, -0.05) is 52.0 Å². The number of hydrogen-bond acceptors (Lipinski definition) is 2. The van der Waals surface area contributed by atoms with E-state index in [1.54, 1.807) is 12.1 Å². The highest BCUT2D eigenvalue weighted by Crippen LogP contribution is 2.31. The van der Waals surface area contributed by atoms with Crippen LogP contribution in [0.3, 0.4) is 0 Å². The fraction of sp³-hybridized carbons (Fsp3) is 0.500. The van der Waals surface area contributed by atoms with Gasteiger partial charge in [0.25, 0.3) is 10.1 Å². The summed E-state index contributed by atoms with van der Waals surface area (Å²) >= 11 is 0. The van der Waals surface area contributed by atoms with Crippen molar-refractivity contribution in [3.8, 4) is 0 Å². The predicted molar refractivity (Wildman–Crippen MR) is 100 cm³/mol. The molecule has 0 aliphatic heterocycles. The number of benzene rings is 2. The summed E-state index contributed by atoms with van der Waals surface area (Å²) in [6.07, 6.45) is 3.94. The second kappa shape index (κ2) is 7.66. The van der Waals surface area contributed by atoms with Gasteiger partial charge in [0.1, 0.15) is 4.90 Å². The Morgan fingerprint density at radius 2 is 1.42 bits per heavy atom. The smallest absolute Gasteiger partial charge is 0.282 e. The molecular weight excluding hydrogens is 320 g/mol. The average Bonchev–Trinajstić information content (AvgIpc) is 2.48. The number of fused-ring (bicyclic) bond motifs is 1. The molecule has 2 rings (SSSR count). The third kappa shape index (κ3) is 4.58. The molecular formula is C20H28O3S. The van der Waals surface area contributed by atoms with Gasteiger partial charge in [0.2, 0.25) is 0 Å². The highest BCUT2D eigenvalue weighted by molar-refractivity contribution is 7.86. The topological polar surface area (TPSA) is 54.4 Å². The summed E-state index contributed by atoms with van der Waals surface area (Å²) in [5.41, 5.74) is 2.34. The molecule has 0 radical (unpaired) electrons. The van der Waals surface area contributed by atoms with Crippen LogP contribution >= 0.6 is 0 Å². The zero-order chi connectivity index (χ0) is 17.9. The molecule has 0 spiro atoms. The van der Waals surface area contributed by atoms with Gasteiger partial charge in [-0.2, -0.15) is 8.42 Å². The summed E-state index contributed by atoms with van der Waals surface area (Å²) in [6, 6.07) is 9.18. The first-order valence-corrected chi connectivity index (χ1v) is 10.1. The van der Waals surface area contributed by atoms with Crippen molar-refractivity contribution in [1.82, 2.24) is 0 Å². The molecule has 2 aromatic rings. The molecule has 0 amide bonds. The maximum absolute atomic E-state index is 11.8. The Labute approximate surface area is 145 Å². The van der Waals surface area contributed by atoms with E-state index in [9.17, 15) is 13.0 Å². The Bertz CT molecular complexity index is 787. The minimum atomic E-state index is -4.23. The molecule has 24 heavy (non-hydrogen) atoms. The van der Waals surface area contributed by atoms with Crippen molar-refractivity contribution in [2.75, 3.05) is 0 Å². The SMILES string of the molecule is CC(C)CCc1cccc2c(S(=O)(=O)O)ccc(CCC(C)C)c12. The van der Waals surface area contributed by atoms with Gasteiger partial charge < -0.3 is 0 Å². The second-order valence-electron chi connectivity index (χ2n) is 7.40. The minimum Gasteiger partial charge on any atom is -0.282 e. The van der Waals surface area contributed by atoms with E-state index in [2.05, 4.69) is 33.8 Å². The molecule has 0 aliphatic carbocycles. The second-order valence-corrected chi connectivity index (χ2v) is 8.79. The molecule has 3 nitrogen and oxygen atoms in total. The molecule has 2 aromatic carbocycles. The van der Waals surface area contributed by atoms with E-state index in [0.29, 0.717) is 17.2 Å². The van der Waals surface area contributed by atoms with Gasteiger partial charge in [0.05, 0.1) is 0 Å². The Kier molecular flexibility index (Phi) is 6.05. The largest absolute Gasteiger partial charge is 0.295 e. The Morgan fingerprint density at radius 3 is 1.92 bits per heavy atom. The summed E-state index contributed by atoms with van der Waals surface area (Å²) < 4.78 is 33.1. The first-order valence-electron chi connectivity index (χ1n) is 8.71. The Morgan fingerprint density at radius 1 is 0.875 bits per heavy atom. The van der Waals surface area contributed by atoms with Gasteiger partial charge in [-0.3, -0.25) is 4.55 Å². The first kappa shape index (κ1) is 18.9. The van der Waals surface area contributed by atoms with E-state index in [1.165, 1.54) is 11.1 Å². The lowest BCUT2D eigenvalue weighted by atomic mass is 9.91. The van der Waals surface area contributed by atoms with Crippen LogP contribution in [0, 0.1) is 11.8 Å². The standard InChI is InChI=1S/C20H28O3S/c1-14(2)8-10-16-6-5-7-18-19(24(21,22)23)13-12-17(20(16)18)11-9-15(3)4/h5-7,12-15H,8-11H2,1-4H3,(H,21,22,23). The first-order chi connectivity index (χ1) is 11.2. The van der Waals surface area contributed by atoms with Crippen LogP contribution in [0.25, 0.3) is 10.8 Å². The summed E-state index contributed by atoms with van der Waals surface area (Å²) in [5, 5.41) is 1.65. The van der Waals surface area contributed by atoms with E-state index < -0.39 is 10.1 Å². The van der Waals surface area contributed by atoms with Crippen molar-refractivity contribution in [1.29, 1.82) is 0 Å². The molecule has 0 saturated carbocycles. The zero-order valence-corrected chi connectivity index (χ0v) is 15.9. The molecule has 0 bridgehead atoms. The van der Waals surface area contributed by atoms with E-state index in [0.717, 1.165) is 31.1 Å². The van der Waals surface area contributed by atoms with Crippen LogP contribution in [0.2, 0.25) is 0 Å². The van der Waals surface area contributed by atoms with Gasteiger partial charge in [-0.25, -0.2) is 0 Å². The van der Waals surface area contributed by atoms with E-state index >= 15 is 0 Å². The summed E-state index contributed by atoms with van der Waals surface area (Å²) in [7, 11) is -4.23. The molecule has 0 saturated heterocycles. The summed E-state index contributed by atoms with van der Waals surface area (Å²) in [4.78, 5) is 0.0113. The van der Waals surface area contributed by atoms with Gasteiger partial charge in [0.15, 0.2) is 0 Å². The zero-order valence-electron chi connectivity index (χ0n) is 15.0. The third-order valence-corrected chi connectivity index (χ3v) is 5.34. The minimum absolute atomic E-state index is 0.0113. The van der Waals surface area contributed by atoms with Crippen molar-refractivity contribution in [3.05, 3.63) is 41.5 Å². The number of hydrogen-bond donors (Lipinski definition) is 1. The molecule has 0 aliphatic rings. The van der Waals surface area contributed by atoms with Crippen molar-refractivity contribution in [3.63, 3.8) is 0 Å². The number of aryl methyl sites for hydroxylation is 2. The quantitative estimate of drug-likeness (QED) is 0.694. The summed E-state index contributed by atoms with van der Waals surface area (Å²) in [5.74, 6) is 1.17. The van der Waals surface area contributed by atoms with Gasteiger partial charge >= 0.3 is 0 Å². The van der Waals surface area contributed by atoms with Gasteiger partial charge in [-0.15, -0.1) is 0 Å². The van der Waals surface area contributed by atoms with E-state index in [1.807, 2.05) is 12.1 Å². The van der Waals surface area contributed by atoms with E-state index in [-0.39, 0.29) is 4.90 Å². The molecule has 4 heteroatoms. The van der Waals surface area contributed by atoms with Crippen molar-refractivity contribution in [2.24, 2.45) is 11.8 Å². The lowest BCUT2D eigenvalue weighted by molar-refractivity contribution is 0.484. The predicted octanol–water partition coefficient (Wildman–Crippen LogP) is 5.26. The molecule has 0 unspecified atom stereocenters. The van der Waals surface area contributed by atoms with Gasteiger partial charge in [0, 0.05) is 5.39 Å². The average molecular weight is 349 g/mol. The fourth-order valence-electron chi connectivity index (χ4n) is 3.06. The summed E-state index contributed by atoms with van der Waals surface area (Å²) in [6.45, 7) is 8.76. The molecule has 0 fully saturated rings. The number of rotatable bonds is 7. The van der Waals surface area contributed by atoms with Crippen molar-refractivity contribution in [2.45, 2.75) is 58.3 Å². The highest BCUT2D eigenvalue weighted by atomic mass is 32.2. The Balaban J connectivity index is 2.64. The maximum Gasteiger partial charge on any atom is 0.295 e. The molecule has 0 heterocycles. The van der Waals surface area contributed by atoms with Crippen LogP contribution in [0.5, 0.6) is 0 Å². The van der Waals surface area contributed by atoms with Crippen LogP contribution in [0.1, 0.15) is 51.7 Å². The molecule has 0 atom stereocenters. The normalized spacial score (nSPS) is 12.5. The third-order valence-electron chi connectivity index (χ3n) is 4.43. The van der Waals surface area contributed by atoms with Crippen molar-refractivity contribution >= 4 is 20.9 Å². The highest BCUT2D eigenvalue weighted by Gasteiger charge is 2.18. The van der Waals surface area contributed by atoms with Crippen LogP contribution in [-0.4, -0.2) is 13.0 Å². The fourth-order valence-corrected chi connectivity index (χ4v) is 3.75. The lowest BCUT2D eigenvalue weighted by Gasteiger charge is -2.15. The molecule has 0 aromatic heterocycles. The molecule has 132 valence electrons. The van der Waals surface area contributed by atoms with E-state index in [4.69, 9.17) is 0 Å². The molecule has 1 N–H and O–H groups in total. The van der Waals surface area contributed by atoms with Crippen LogP contribution in [0.15, 0.2) is 35.2 Å². The Hall–Kier alpha value is -1.39. The maximum atomic E-state index is 11.8. The van der Waals surface area contributed by atoms with Crippen LogP contribution in [-0.2, 0) is 23.0 Å².